The number of hydrogen-bond donors (Lipinski definition) is 3. The second-order valence-corrected chi connectivity index (χ2v) is 2.98. The second kappa shape index (κ2) is 5.53. The fraction of sp³-hybridized carbons (Fsp3) is 0.750. The first kappa shape index (κ1) is 11.9. The van der Waals surface area contributed by atoms with Crippen LogP contribution in [-0.4, -0.2) is 29.6 Å². The van der Waals surface area contributed by atoms with E-state index >= 15 is 0 Å². The molecule has 0 saturated carbocycles. The minimum absolute atomic E-state index is 0.145. The zero-order valence-corrected chi connectivity index (χ0v) is 7.91. The van der Waals surface area contributed by atoms with Crippen LogP contribution in [-0.2, 0) is 9.59 Å². The van der Waals surface area contributed by atoms with Crippen molar-refractivity contribution in [2.45, 2.75) is 26.3 Å². The summed E-state index contributed by atoms with van der Waals surface area (Å²) >= 11 is 0. The van der Waals surface area contributed by atoms with E-state index in [0.717, 1.165) is 0 Å². The van der Waals surface area contributed by atoms with Gasteiger partial charge in [-0.3, -0.25) is 9.59 Å². The van der Waals surface area contributed by atoms with Crippen LogP contribution >= 0.6 is 0 Å². The fourth-order valence-corrected chi connectivity index (χ4v) is 0.791. The zero-order chi connectivity index (χ0) is 10.4. The molecule has 0 radical (unpaired) electrons. The summed E-state index contributed by atoms with van der Waals surface area (Å²) in [5, 5.41) is 11.1. The molecule has 5 nitrogen and oxygen atoms in total. The Labute approximate surface area is 77.3 Å². The lowest BCUT2D eigenvalue weighted by Crippen LogP contribution is -2.41. The first-order valence-electron chi connectivity index (χ1n) is 4.25. The first-order chi connectivity index (χ1) is 5.99. The van der Waals surface area contributed by atoms with Crippen molar-refractivity contribution in [1.82, 2.24) is 5.32 Å². The van der Waals surface area contributed by atoms with Crippen molar-refractivity contribution in [3.63, 3.8) is 0 Å². The summed E-state index contributed by atoms with van der Waals surface area (Å²) in [7, 11) is 0. The Morgan fingerprint density at radius 3 is 2.38 bits per heavy atom. The van der Waals surface area contributed by atoms with E-state index in [0.29, 0.717) is 6.42 Å². The van der Waals surface area contributed by atoms with E-state index in [1.807, 2.05) is 0 Å². The molecule has 1 amide bonds. The summed E-state index contributed by atoms with van der Waals surface area (Å²) in [5.74, 6) is -1.74. The highest BCUT2D eigenvalue weighted by molar-refractivity contribution is 5.81. The van der Waals surface area contributed by atoms with Crippen LogP contribution in [0, 0.1) is 5.92 Å². The highest BCUT2D eigenvalue weighted by atomic mass is 16.4. The molecule has 0 rings (SSSR count). The van der Waals surface area contributed by atoms with Crippen molar-refractivity contribution in [2.75, 3.05) is 6.54 Å². The van der Waals surface area contributed by atoms with Gasteiger partial charge in [0.1, 0.15) is 0 Å². The predicted molar refractivity (Wildman–Crippen MR) is 48.1 cm³/mol. The van der Waals surface area contributed by atoms with E-state index < -0.39 is 17.9 Å². The van der Waals surface area contributed by atoms with Gasteiger partial charge in [0.05, 0.1) is 12.0 Å². The minimum Gasteiger partial charge on any atom is -0.481 e. The van der Waals surface area contributed by atoms with Crippen molar-refractivity contribution in [1.29, 1.82) is 0 Å². The maximum Gasteiger partial charge on any atom is 0.308 e. The van der Waals surface area contributed by atoms with Gasteiger partial charge in [-0.1, -0.05) is 6.92 Å². The molecule has 5 heteroatoms. The molecular weight excluding hydrogens is 172 g/mol. The molecule has 4 N–H and O–H groups in total. The molecule has 0 spiro atoms. The first-order valence-corrected chi connectivity index (χ1v) is 4.25. The Hall–Kier alpha value is -1.10. The fourth-order valence-electron chi connectivity index (χ4n) is 0.791. The summed E-state index contributed by atoms with van der Waals surface area (Å²) < 4.78 is 0. The smallest absolute Gasteiger partial charge is 0.308 e. The standard InChI is InChI=1S/C8H16N2O3/c1-3-6(8(12)13)4-10-7(11)5(2)9/h5-6H,3-4,9H2,1-2H3,(H,10,11)(H,12,13)/t5-,6?/m1/s1. The molecule has 0 aromatic heterocycles. The van der Waals surface area contributed by atoms with Gasteiger partial charge in [-0.25, -0.2) is 0 Å². The van der Waals surface area contributed by atoms with E-state index in [9.17, 15) is 9.59 Å². The molecular formula is C8H16N2O3. The number of nitrogens with two attached hydrogens (primary N) is 1. The lowest BCUT2D eigenvalue weighted by molar-refractivity contribution is -0.141. The molecule has 76 valence electrons. The molecule has 0 aromatic carbocycles. The molecule has 0 heterocycles. The van der Waals surface area contributed by atoms with Gasteiger partial charge in [-0.05, 0) is 13.3 Å². The maximum atomic E-state index is 11.0. The van der Waals surface area contributed by atoms with Gasteiger partial charge in [-0.15, -0.1) is 0 Å². The van der Waals surface area contributed by atoms with Crippen LogP contribution < -0.4 is 11.1 Å². The molecule has 0 aromatic rings. The predicted octanol–water partition coefficient (Wildman–Crippen LogP) is -0.439. The third-order valence-corrected chi connectivity index (χ3v) is 1.78. The average Bonchev–Trinajstić information content (AvgIpc) is 2.04. The summed E-state index contributed by atoms with van der Waals surface area (Å²) in [5.41, 5.74) is 5.28. The molecule has 0 aliphatic heterocycles. The Kier molecular flexibility index (Phi) is 5.06. The van der Waals surface area contributed by atoms with Crippen LogP contribution in [0.2, 0.25) is 0 Å². The van der Waals surface area contributed by atoms with Gasteiger partial charge >= 0.3 is 5.97 Å². The Morgan fingerprint density at radius 1 is 1.54 bits per heavy atom. The van der Waals surface area contributed by atoms with Crippen LogP contribution in [0.25, 0.3) is 0 Å². The SMILES string of the molecule is CCC(CNC(=O)[C@@H](C)N)C(=O)O. The number of amides is 1. The lowest BCUT2D eigenvalue weighted by atomic mass is 10.1. The summed E-state index contributed by atoms with van der Waals surface area (Å²) in [6.45, 7) is 3.46. The van der Waals surface area contributed by atoms with Crippen molar-refractivity contribution in [3.8, 4) is 0 Å². The number of rotatable bonds is 5. The molecule has 0 fully saturated rings. The Morgan fingerprint density at radius 2 is 2.08 bits per heavy atom. The molecule has 0 bridgehead atoms. The van der Waals surface area contributed by atoms with E-state index in [4.69, 9.17) is 10.8 Å². The lowest BCUT2D eigenvalue weighted by Gasteiger charge is -2.12. The van der Waals surface area contributed by atoms with Gasteiger partial charge in [0.25, 0.3) is 0 Å². The molecule has 1 unspecified atom stereocenters. The van der Waals surface area contributed by atoms with Gasteiger partial charge in [-0.2, -0.15) is 0 Å². The molecule has 2 atom stereocenters. The number of hydrogen-bond acceptors (Lipinski definition) is 3. The van der Waals surface area contributed by atoms with Crippen molar-refractivity contribution >= 4 is 11.9 Å². The summed E-state index contributed by atoms with van der Waals surface area (Å²) in [4.78, 5) is 21.5. The number of carboxylic acid groups (broad SMARTS) is 1. The Bertz CT molecular complexity index is 192. The number of aliphatic carboxylic acids is 1. The number of carbonyl (C=O) groups is 2. The van der Waals surface area contributed by atoms with Gasteiger partial charge in [0, 0.05) is 6.54 Å². The Balaban J connectivity index is 3.85. The normalized spacial score (nSPS) is 14.7. The topological polar surface area (TPSA) is 92.4 Å². The van der Waals surface area contributed by atoms with E-state index in [-0.39, 0.29) is 12.5 Å². The quantitative estimate of drug-likeness (QED) is 0.545. The average molecular weight is 188 g/mol. The van der Waals surface area contributed by atoms with Crippen molar-refractivity contribution in [2.24, 2.45) is 11.7 Å². The van der Waals surface area contributed by atoms with Crippen molar-refractivity contribution in [3.05, 3.63) is 0 Å². The molecule has 0 saturated heterocycles. The van der Waals surface area contributed by atoms with Crippen molar-refractivity contribution < 1.29 is 14.7 Å². The van der Waals surface area contributed by atoms with E-state index in [1.54, 1.807) is 13.8 Å². The van der Waals surface area contributed by atoms with E-state index in [1.165, 1.54) is 0 Å². The summed E-state index contributed by atoms with van der Waals surface area (Å²) in [6, 6.07) is -0.591. The van der Waals surface area contributed by atoms with E-state index in [2.05, 4.69) is 5.32 Å². The van der Waals surface area contributed by atoms with Gasteiger partial charge in [0.2, 0.25) is 5.91 Å². The van der Waals surface area contributed by atoms with Crippen LogP contribution in [0.4, 0.5) is 0 Å². The number of carboxylic acids is 1. The molecule has 13 heavy (non-hydrogen) atoms. The maximum absolute atomic E-state index is 11.0. The van der Waals surface area contributed by atoms with Crippen LogP contribution in [0.5, 0.6) is 0 Å². The zero-order valence-electron chi connectivity index (χ0n) is 7.91. The third kappa shape index (κ3) is 4.47. The largest absolute Gasteiger partial charge is 0.481 e. The monoisotopic (exact) mass is 188 g/mol. The second-order valence-electron chi connectivity index (χ2n) is 2.98. The van der Waals surface area contributed by atoms with Crippen LogP contribution in [0.1, 0.15) is 20.3 Å². The molecule has 0 aliphatic carbocycles. The number of nitrogens with one attached hydrogen (secondary N) is 1. The highest BCUT2D eigenvalue weighted by Crippen LogP contribution is 2.00. The molecule has 0 aliphatic rings. The minimum atomic E-state index is -0.896. The van der Waals surface area contributed by atoms with Gasteiger partial charge < -0.3 is 16.2 Å². The summed E-state index contributed by atoms with van der Waals surface area (Å²) in [6.07, 6.45) is 0.495. The van der Waals surface area contributed by atoms with Crippen LogP contribution in [0.3, 0.4) is 0 Å². The highest BCUT2D eigenvalue weighted by Gasteiger charge is 2.16. The third-order valence-electron chi connectivity index (χ3n) is 1.78. The van der Waals surface area contributed by atoms with Gasteiger partial charge in [0.15, 0.2) is 0 Å². The number of carbonyl (C=O) groups excluding carboxylic acids is 1. The van der Waals surface area contributed by atoms with Crippen LogP contribution in [0.15, 0.2) is 0 Å².